The van der Waals surface area contributed by atoms with Crippen molar-refractivity contribution in [3.8, 4) is 46.0 Å². The Bertz CT molecular complexity index is 7390. The fourth-order valence-electron chi connectivity index (χ4n) is 12.3. The van der Waals surface area contributed by atoms with Crippen LogP contribution in [0.1, 0.15) is 336 Å². The predicted octanol–water partition coefficient (Wildman–Crippen LogP) is 14.3. The van der Waals surface area contributed by atoms with Crippen molar-refractivity contribution in [2.45, 2.75) is 259 Å². The molecule has 0 spiro atoms. The number of esters is 4. The lowest BCUT2D eigenvalue weighted by Crippen LogP contribution is -2.51. The van der Waals surface area contributed by atoms with Gasteiger partial charge in [-0.2, -0.15) is 0 Å². The Balaban J connectivity index is 0.000000285. The summed E-state index contributed by atoms with van der Waals surface area (Å²) in [5, 5.41) is 0. The number of nitrogens with zero attached hydrogens (tertiary/aromatic N) is 4. The van der Waals surface area contributed by atoms with E-state index in [1.54, 1.807) is 0 Å². The van der Waals surface area contributed by atoms with E-state index in [0.717, 1.165) is 56.7 Å². The minimum atomic E-state index is -4.22. The molecule has 0 aliphatic carbocycles. The van der Waals surface area contributed by atoms with Gasteiger partial charge in [0, 0.05) is 213 Å². The minimum absolute atomic E-state index is 0.0120. The van der Waals surface area contributed by atoms with Crippen molar-refractivity contribution in [1.29, 1.82) is 0 Å². The number of carbonyl (C=O) groups excluding carboxylic acids is 4. The van der Waals surface area contributed by atoms with Gasteiger partial charge in [0.25, 0.3) is 0 Å². The lowest BCUT2D eigenvalue weighted by molar-refractivity contribution is -0.161. The summed E-state index contributed by atoms with van der Waals surface area (Å²) in [6.45, 7) is -49.5. The van der Waals surface area contributed by atoms with E-state index in [1.807, 2.05) is 0 Å². The molecule has 4 saturated heterocycles. The summed E-state index contributed by atoms with van der Waals surface area (Å²) in [5.41, 5.74) is 17.7. The summed E-state index contributed by atoms with van der Waals surface area (Å²) < 4.78 is 713. The van der Waals surface area contributed by atoms with Crippen molar-refractivity contribution in [3.05, 3.63) is 93.0 Å². The summed E-state index contributed by atoms with van der Waals surface area (Å²) in [6.07, 6.45) is -45.7. The summed E-state index contributed by atoms with van der Waals surface area (Å²) in [7, 11) is 0.440. The Morgan fingerprint density at radius 1 is 0.358 bits per heavy atom. The number of carbonyl (C=O) groups is 4. The van der Waals surface area contributed by atoms with E-state index in [4.69, 9.17) is 154 Å². The number of hydrogen-bond acceptors (Lipinski definition) is 24. The molecule has 24 nitrogen and oxygen atoms in total. The molecule has 0 saturated carbocycles. The van der Waals surface area contributed by atoms with Gasteiger partial charge in [-0.15, -0.1) is 0 Å². The molecule has 0 amide bonds. The highest BCUT2D eigenvalue weighted by Crippen LogP contribution is 2.50. The van der Waals surface area contributed by atoms with E-state index >= 15 is 0 Å². The molecule has 0 aromatic heterocycles. The summed E-state index contributed by atoms with van der Waals surface area (Å²) >= 11 is 0. The van der Waals surface area contributed by atoms with Crippen LogP contribution in [0.2, 0.25) is 0 Å². The highest BCUT2D eigenvalue weighted by Gasteiger charge is 2.47. The van der Waals surface area contributed by atoms with Gasteiger partial charge in [0.05, 0.1) is 74.6 Å². The third-order valence-corrected chi connectivity index (χ3v) is 18.0. The van der Waals surface area contributed by atoms with Gasteiger partial charge in [-0.25, -0.2) is 0 Å². The third-order valence-electron chi connectivity index (χ3n) is 18.0. The first kappa shape index (κ1) is 36.1. The molecule has 0 bridgehead atoms. The summed E-state index contributed by atoms with van der Waals surface area (Å²) in [6, 6.07) is -19.2. The van der Waals surface area contributed by atoms with Crippen LogP contribution < -0.4 is 60.8 Å². The first-order chi connectivity index (χ1) is 86.5. The van der Waals surface area contributed by atoms with Gasteiger partial charge in [0.2, 0.25) is 0 Å². The number of methoxy groups -OCH3 is 8. The molecular weight excluding hydrogens is 1520 g/mol. The van der Waals surface area contributed by atoms with Gasteiger partial charge < -0.3 is 79.8 Å². The standard InChI is InChI=1S/4C24H38N2O4/c4*1-14(2)9-17-13-26-8-7-16-10-21(28-5)22(29-6)11-18(16)19(26)12-20(17)30-24(27)23(25)15(3)4/h4*10-11,14-15,17,19-20,23H,7-9,12-13,25H2,1-6H3/t4*17?,19?,20?,23-/m0000/s1/i3D3,4D3,5D3,7D2,8D2,12D2,13D2,15D,17D,20D,23D;2*3D3,4D3,7D2,8D2,12D2,13D2,15D,17D,20D,23D;3D3,4D3,5D3,7D2,8D2,12D2,13D2,15D,17D,23D. The first-order valence-electron chi connectivity index (χ1n) is 75.1. The Hall–Kier alpha value is -7.16. The highest BCUT2D eigenvalue weighted by atomic mass is 16.6. The van der Waals surface area contributed by atoms with Crippen LogP contribution in [-0.2, 0) is 63.6 Å². The van der Waals surface area contributed by atoms with Crippen LogP contribution in [0.5, 0.6) is 46.0 Å². The van der Waals surface area contributed by atoms with Crippen molar-refractivity contribution in [1.82, 2.24) is 19.6 Å². The van der Waals surface area contributed by atoms with E-state index in [9.17, 15) is 50.7 Å². The van der Waals surface area contributed by atoms with Crippen molar-refractivity contribution >= 4 is 23.9 Å². The number of rotatable bonds is 28. The maximum atomic E-state index is 13.8. The normalized spacial score (nSPS) is 47.8. The lowest BCUT2D eigenvalue weighted by atomic mass is 9.79. The fourth-order valence-corrected chi connectivity index (χ4v) is 12.3. The van der Waals surface area contributed by atoms with E-state index < -0.39 is 432 Å². The number of benzene rings is 4. The fraction of sp³-hybridized carbons (Fsp3) is 0.708. The Kier molecular flexibility index (Phi) is 13.2. The van der Waals surface area contributed by atoms with Crippen LogP contribution in [-0.4, -0.2) is 201 Å². The summed E-state index contributed by atoms with van der Waals surface area (Å²) in [4.78, 5) is 55.3. The average Bonchev–Trinajstić information content (AvgIpc) is 0.655. The number of hydrogen-bond donors (Lipinski definition) is 4. The number of fused-ring (bicyclic) bond motifs is 12. The second kappa shape index (κ2) is 43.9. The van der Waals surface area contributed by atoms with Gasteiger partial charge in [-0.3, -0.25) is 38.8 Å². The van der Waals surface area contributed by atoms with Crippen LogP contribution in [0.25, 0.3) is 0 Å². The van der Waals surface area contributed by atoms with Gasteiger partial charge >= 0.3 is 23.9 Å². The monoisotopic (exact) mass is 1750 g/mol. The zero-order chi connectivity index (χ0) is 156. The van der Waals surface area contributed by atoms with Gasteiger partial charge in [-0.1, -0.05) is 110 Å². The predicted molar refractivity (Wildman–Crippen MR) is 471 cm³/mol. The van der Waals surface area contributed by atoms with Crippen LogP contribution >= 0.6 is 0 Å². The topological polar surface area (TPSA) is 296 Å². The van der Waals surface area contributed by atoms with E-state index in [1.165, 1.54) is 83.8 Å². The van der Waals surface area contributed by atoms with Crippen LogP contribution in [0, 0.1) is 70.8 Å². The minimum Gasteiger partial charge on any atom is -0.493 e. The Labute approximate surface area is 826 Å². The molecule has 8 N–H and O–H groups in total. The molecule has 12 unspecified atom stereocenters. The molecule has 4 fully saturated rings. The molecule has 4 aromatic carbocycles. The number of piperidine rings is 4. The molecule has 120 heavy (non-hydrogen) atoms. The molecule has 4 aromatic rings. The van der Waals surface area contributed by atoms with E-state index in [0.29, 0.717) is 6.07 Å². The molecule has 24 heteroatoms. The zero-order valence-corrected chi connectivity index (χ0v) is 67.8. The van der Waals surface area contributed by atoms with Crippen LogP contribution in [0.4, 0.5) is 0 Å². The van der Waals surface area contributed by atoms with Crippen molar-refractivity contribution in [2.75, 3.05) is 109 Å². The highest BCUT2D eigenvalue weighted by molar-refractivity contribution is 5.77. The van der Waals surface area contributed by atoms with Crippen molar-refractivity contribution < 1.29 is 182 Å². The first-order valence-corrected chi connectivity index (χ1v) is 36.6. The second-order valence-electron chi connectivity index (χ2n) is 28.5. The maximum Gasteiger partial charge on any atom is 0.323 e. The smallest absolute Gasteiger partial charge is 0.323 e. The third kappa shape index (κ3) is 23.8. The van der Waals surface area contributed by atoms with Crippen LogP contribution in [0.3, 0.4) is 0 Å². The number of aryl methyl sites for hydroxylation is 4. The molecule has 16 atom stereocenters. The Morgan fingerprint density at radius 3 is 0.825 bits per heavy atom. The SMILES string of the molecule is [2H]C([2H])([2H])C([2H])(C([2H])([2H])[2H])[C@]([2H])(N)C(=O)OC1([2H])C([2H])([2H])C2c3cc(OC)c(OC)cc3C([2H])([2H])C([2H])([2H])N2C([2H])([2H])C1([2H])CC(C)C.[2H]C([2H])([2H])C([2H])(C([2H])([2H])[2H])[C@]([2H])(N)C(=O)OC1([2H])C([2H])([2H])C2c3cc(OC)c(OC)cc3C([2H])([2H])C([2H])([2H])N2C([2H])([2H])C1([2H])CC(C)C.[2H]C([2H])([2H])Oc1cc2c(cc1OC)C1N(C([2H])([2H])C2([2H])[2H])C([2H])([2H])C([2H])(CC(C)C)C(OC(=O)[C@@]([2H])(N)C([2H])(C([2H])([2H])[2H])C([2H])([2H])[2H])C1([2H])[2H].[2H]C([2H])([2H])Oc1cc2c(cc1OC)C1N(C([2H])([2H])C2([2H])[2H])C([2H])([2H])C([2H])(CC(C)C)C([2H])(OC(=O)[C@@]([2H])(N)C([2H])(C([2H])([2H])[2H])C([2H])([2H])[2H])C1([2H])[2H]. The largest absolute Gasteiger partial charge is 0.493 e. The molecule has 8 aliphatic rings. The van der Waals surface area contributed by atoms with Gasteiger partial charge in [0.1, 0.15) is 48.4 Å². The lowest BCUT2D eigenvalue weighted by Gasteiger charge is -2.47. The molecule has 12 rings (SSSR count). The van der Waals surface area contributed by atoms with E-state index in [-0.39, 0.29) is 42.6 Å². The molecule has 0 radical (unpaired) electrons. The molecule has 8 aliphatic heterocycles. The second-order valence-corrected chi connectivity index (χ2v) is 28.5. The maximum absolute atomic E-state index is 13.8. The molecular formula is C96H152N8O16. The van der Waals surface area contributed by atoms with Gasteiger partial charge in [-0.05, 0) is 191 Å². The number of ether oxygens (including phenoxy) is 12. The zero-order valence-electron chi connectivity index (χ0n) is 145. The van der Waals surface area contributed by atoms with Crippen molar-refractivity contribution in [3.63, 3.8) is 0 Å². The quantitative estimate of drug-likeness (QED) is 0.0303. The van der Waals surface area contributed by atoms with E-state index in [2.05, 4.69) is 0 Å². The van der Waals surface area contributed by atoms with Crippen molar-refractivity contribution in [2.24, 2.45) is 93.8 Å². The average molecular weight is 1750 g/mol. The summed E-state index contributed by atoms with van der Waals surface area (Å²) in [5.74, 6) is -46.2. The molecule has 672 valence electrons. The Morgan fingerprint density at radius 2 is 0.583 bits per heavy atom. The van der Waals surface area contributed by atoms with Crippen LogP contribution in [0.15, 0.2) is 48.5 Å². The van der Waals surface area contributed by atoms with Gasteiger partial charge in [0.15, 0.2) is 46.0 Å². The molecule has 8 heterocycles. The number of nitrogens with two attached hydrogens (primary N) is 4.